The third-order valence-corrected chi connectivity index (χ3v) is 6.37. The van der Waals surface area contributed by atoms with Crippen LogP contribution in [0.4, 0.5) is 4.39 Å². The third-order valence-electron chi connectivity index (χ3n) is 6.37. The van der Waals surface area contributed by atoms with E-state index in [1.807, 2.05) is 4.90 Å². The van der Waals surface area contributed by atoms with Gasteiger partial charge >= 0.3 is 0 Å². The first-order chi connectivity index (χ1) is 12.2. The molecule has 25 heavy (non-hydrogen) atoms. The molecule has 4 atom stereocenters. The Kier molecular flexibility index (Phi) is 4.76. The fourth-order valence-corrected chi connectivity index (χ4v) is 5.39. The fourth-order valence-electron chi connectivity index (χ4n) is 5.39. The average Bonchev–Trinajstić information content (AvgIpc) is 2.62. The number of carbonyl (C=O) groups is 1. The molecule has 4 rings (SSSR count). The number of aromatic nitrogens is 1. The van der Waals surface area contributed by atoms with Crippen molar-refractivity contribution in [3.8, 4) is 0 Å². The number of pyridine rings is 1. The lowest BCUT2D eigenvalue weighted by atomic mass is 9.74. The van der Waals surface area contributed by atoms with Gasteiger partial charge < -0.3 is 4.90 Å². The first-order valence-corrected chi connectivity index (χ1v) is 9.82. The van der Waals surface area contributed by atoms with Crippen molar-refractivity contribution in [3.05, 3.63) is 29.8 Å². The molecule has 3 saturated heterocycles. The summed E-state index contributed by atoms with van der Waals surface area (Å²) in [7, 11) is 0. The summed E-state index contributed by atoms with van der Waals surface area (Å²) in [6.45, 7) is 5.06. The van der Waals surface area contributed by atoms with Gasteiger partial charge in [0.1, 0.15) is 11.5 Å². The molecule has 3 fully saturated rings. The lowest BCUT2D eigenvalue weighted by molar-refractivity contribution is -0.0519. The topological polar surface area (TPSA) is 36.4 Å². The van der Waals surface area contributed by atoms with Gasteiger partial charge in [-0.15, -0.1) is 0 Å². The van der Waals surface area contributed by atoms with Crippen LogP contribution in [0, 0.1) is 17.7 Å². The molecule has 1 aromatic rings. The fraction of sp³-hybridized carbons (Fsp3) is 0.700. The van der Waals surface area contributed by atoms with Gasteiger partial charge in [-0.2, -0.15) is 0 Å². The Balaban J connectivity index is 1.48. The van der Waals surface area contributed by atoms with Crippen LogP contribution in [0.3, 0.4) is 0 Å². The van der Waals surface area contributed by atoms with Gasteiger partial charge in [-0.05, 0) is 49.7 Å². The molecule has 1 amide bonds. The highest BCUT2D eigenvalue weighted by molar-refractivity contribution is 5.92. The van der Waals surface area contributed by atoms with E-state index in [-0.39, 0.29) is 5.91 Å². The molecule has 0 aromatic carbocycles. The van der Waals surface area contributed by atoms with E-state index in [4.69, 9.17) is 0 Å². The van der Waals surface area contributed by atoms with E-state index in [1.54, 1.807) is 0 Å². The maximum atomic E-state index is 13.1. The second-order valence-corrected chi connectivity index (χ2v) is 8.07. The predicted molar refractivity (Wildman–Crippen MR) is 94.7 cm³/mol. The summed E-state index contributed by atoms with van der Waals surface area (Å²) in [5, 5.41) is 0. The lowest BCUT2D eigenvalue weighted by Crippen LogP contribution is -2.62. The van der Waals surface area contributed by atoms with Crippen molar-refractivity contribution in [1.82, 2.24) is 14.8 Å². The Bertz CT molecular complexity index is 618. The molecule has 0 unspecified atom stereocenters. The predicted octanol–water partition coefficient (Wildman–Crippen LogP) is 3.34. The second kappa shape index (κ2) is 7.02. The zero-order chi connectivity index (χ0) is 17.4. The van der Waals surface area contributed by atoms with Crippen LogP contribution >= 0.6 is 0 Å². The Labute approximate surface area is 149 Å². The van der Waals surface area contributed by atoms with E-state index in [1.165, 1.54) is 50.7 Å². The zero-order valence-electron chi connectivity index (χ0n) is 15.0. The molecule has 136 valence electrons. The second-order valence-electron chi connectivity index (χ2n) is 8.07. The normalized spacial score (nSPS) is 32.3. The number of likely N-dealkylation sites (tertiary alicyclic amines) is 1. The Morgan fingerprint density at radius 1 is 1.28 bits per heavy atom. The summed E-state index contributed by atoms with van der Waals surface area (Å²) in [5.41, 5.74) is 0.366. The molecule has 0 aliphatic carbocycles. The molecule has 3 aliphatic heterocycles. The SMILES string of the molecule is CCC[C@H]1CCC[C@H]2[C@@H]3C[C@@H](CN(C(=O)c4ccc(F)cn4)C3)CN12. The van der Waals surface area contributed by atoms with Gasteiger partial charge in [-0.1, -0.05) is 19.8 Å². The highest BCUT2D eigenvalue weighted by Crippen LogP contribution is 2.40. The standard InChI is InChI=1S/C20H28FN3O/c1-2-4-17-5-3-6-19-15-9-14(12-24(17)19)11-23(13-15)20(25)18-8-7-16(21)10-22-18/h7-8,10,14-15,17,19H,2-6,9,11-13H2,1H3/t14-,15+,17-,19-/m0/s1. The largest absolute Gasteiger partial charge is 0.337 e. The van der Waals surface area contributed by atoms with Gasteiger partial charge in [0, 0.05) is 31.7 Å². The molecule has 0 radical (unpaired) electrons. The number of hydrogen-bond donors (Lipinski definition) is 0. The van der Waals surface area contributed by atoms with Crippen molar-refractivity contribution in [2.24, 2.45) is 11.8 Å². The van der Waals surface area contributed by atoms with Crippen LogP contribution in [-0.2, 0) is 0 Å². The van der Waals surface area contributed by atoms with Crippen molar-refractivity contribution in [2.45, 2.75) is 57.5 Å². The van der Waals surface area contributed by atoms with Gasteiger partial charge in [0.25, 0.3) is 5.91 Å². The molecule has 2 bridgehead atoms. The van der Waals surface area contributed by atoms with Gasteiger partial charge in [0.15, 0.2) is 0 Å². The number of hydrogen-bond acceptors (Lipinski definition) is 3. The number of piperidine rings is 3. The first kappa shape index (κ1) is 17.0. The number of nitrogens with zero attached hydrogens (tertiary/aromatic N) is 3. The van der Waals surface area contributed by atoms with E-state index in [0.29, 0.717) is 23.6 Å². The number of carbonyl (C=O) groups excluding carboxylic acids is 1. The van der Waals surface area contributed by atoms with Crippen molar-refractivity contribution in [2.75, 3.05) is 19.6 Å². The highest BCUT2D eigenvalue weighted by atomic mass is 19.1. The molecule has 0 saturated carbocycles. The van der Waals surface area contributed by atoms with Crippen molar-refractivity contribution in [1.29, 1.82) is 0 Å². The van der Waals surface area contributed by atoms with Crippen LogP contribution in [0.2, 0.25) is 0 Å². The number of fused-ring (bicyclic) bond motifs is 4. The van der Waals surface area contributed by atoms with Crippen molar-refractivity contribution < 1.29 is 9.18 Å². The van der Waals surface area contributed by atoms with Gasteiger partial charge in [-0.3, -0.25) is 9.69 Å². The molecule has 3 aliphatic rings. The number of halogens is 1. The molecule has 0 N–H and O–H groups in total. The van der Waals surface area contributed by atoms with E-state index in [2.05, 4.69) is 16.8 Å². The quantitative estimate of drug-likeness (QED) is 0.843. The van der Waals surface area contributed by atoms with Gasteiger partial charge in [0.2, 0.25) is 0 Å². The van der Waals surface area contributed by atoms with Gasteiger partial charge in [0.05, 0.1) is 6.20 Å². The highest BCUT2D eigenvalue weighted by Gasteiger charge is 2.45. The maximum Gasteiger partial charge on any atom is 0.272 e. The van der Waals surface area contributed by atoms with Crippen LogP contribution in [0.5, 0.6) is 0 Å². The van der Waals surface area contributed by atoms with E-state index < -0.39 is 5.82 Å². The molecule has 5 heteroatoms. The molecular weight excluding hydrogens is 317 g/mol. The van der Waals surface area contributed by atoms with Crippen molar-refractivity contribution in [3.63, 3.8) is 0 Å². The van der Waals surface area contributed by atoms with E-state index in [0.717, 1.165) is 31.9 Å². The number of rotatable bonds is 3. The van der Waals surface area contributed by atoms with Crippen LogP contribution in [0.1, 0.15) is 55.9 Å². The average molecular weight is 345 g/mol. The minimum atomic E-state index is -0.396. The molecular formula is C20H28FN3O. The zero-order valence-corrected chi connectivity index (χ0v) is 15.0. The van der Waals surface area contributed by atoms with Crippen LogP contribution in [-0.4, -0.2) is 52.4 Å². The molecule has 4 nitrogen and oxygen atoms in total. The summed E-state index contributed by atoms with van der Waals surface area (Å²) in [4.78, 5) is 21.5. The molecule has 0 spiro atoms. The molecule has 4 heterocycles. The smallest absolute Gasteiger partial charge is 0.272 e. The Hall–Kier alpha value is -1.49. The first-order valence-electron chi connectivity index (χ1n) is 9.82. The van der Waals surface area contributed by atoms with Crippen molar-refractivity contribution >= 4 is 5.91 Å². The molecule has 1 aromatic heterocycles. The van der Waals surface area contributed by atoms with E-state index in [9.17, 15) is 9.18 Å². The Morgan fingerprint density at radius 3 is 2.92 bits per heavy atom. The third kappa shape index (κ3) is 3.31. The van der Waals surface area contributed by atoms with Gasteiger partial charge in [-0.25, -0.2) is 9.37 Å². The Morgan fingerprint density at radius 2 is 2.16 bits per heavy atom. The van der Waals surface area contributed by atoms with Crippen LogP contribution in [0.25, 0.3) is 0 Å². The lowest BCUT2D eigenvalue weighted by Gasteiger charge is -2.55. The summed E-state index contributed by atoms with van der Waals surface area (Å²) in [6.07, 6.45) is 8.87. The van der Waals surface area contributed by atoms with Crippen LogP contribution < -0.4 is 0 Å². The minimum absolute atomic E-state index is 0.0379. The number of amides is 1. The maximum absolute atomic E-state index is 13.1. The summed E-state index contributed by atoms with van der Waals surface area (Å²) >= 11 is 0. The van der Waals surface area contributed by atoms with Crippen LogP contribution in [0.15, 0.2) is 18.3 Å². The summed E-state index contributed by atoms with van der Waals surface area (Å²) < 4.78 is 13.1. The summed E-state index contributed by atoms with van der Waals surface area (Å²) in [5.74, 6) is 0.712. The van der Waals surface area contributed by atoms with E-state index >= 15 is 0 Å². The minimum Gasteiger partial charge on any atom is -0.337 e. The monoisotopic (exact) mass is 345 g/mol. The summed E-state index contributed by atoms with van der Waals surface area (Å²) in [6, 6.07) is 4.21.